The lowest BCUT2D eigenvalue weighted by Gasteiger charge is -2.03. The predicted octanol–water partition coefficient (Wildman–Crippen LogP) is 2.18. The fraction of sp³-hybridized carbons (Fsp3) is 1.00. The van der Waals surface area contributed by atoms with Gasteiger partial charge in [0.05, 0.1) is 19.3 Å². The Bertz CT molecular complexity index is 205. The highest BCUT2D eigenvalue weighted by atomic mass is 16.9. The predicted molar refractivity (Wildman–Crippen MR) is 67.7 cm³/mol. The SMILES string of the molecule is CC(C)CCCCCO[N+](=O)[O-].OC1CCOC1. The van der Waals surface area contributed by atoms with E-state index in [0.717, 1.165) is 38.2 Å². The molecule has 1 N–H and O–H groups in total. The molecule has 108 valence electrons. The zero-order chi connectivity index (χ0) is 13.8. The van der Waals surface area contributed by atoms with Crippen LogP contribution in [0.15, 0.2) is 0 Å². The first-order valence-electron chi connectivity index (χ1n) is 6.55. The molecular formula is C12H25NO5. The standard InChI is InChI=1S/C8H17NO3.C4H8O2/c1-8(2)6-4-3-5-7-12-9(10)11;5-4-1-2-6-3-4/h8H,3-7H2,1-2H3;4-5H,1-3H2. The topological polar surface area (TPSA) is 81.8 Å². The summed E-state index contributed by atoms with van der Waals surface area (Å²) in [6, 6.07) is 0. The number of hydrogen-bond donors (Lipinski definition) is 1. The van der Waals surface area contributed by atoms with Crippen molar-refractivity contribution in [1.29, 1.82) is 0 Å². The molecule has 1 unspecified atom stereocenters. The van der Waals surface area contributed by atoms with Crippen LogP contribution >= 0.6 is 0 Å². The fourth-order valence-corrected chi connectivity index (χ4v) is 1.49. The molecule has 0 saturated carbocycles. The third kappa shape index (κ3) is 13.2. The number of ether oxygens (including phenoxy) is 1. The molecule has 0 bridgehead atoms. The van der Waals surface area contributed by atoms with E-state index in [-0.39, 0.29) is 12.7 Å². The molecule has 1 atom stereocenters. The number of unbranched alkanes of at least 4 members (excludes halogenated alkanes) is 2. The van der Waals surface area contributed by atoms with Crippen molar-refractivity contribution >= 4 is 0 Å². The molecule has 0 aromatic rings. The van der Waals surface area contributed by atoms with Crippen molar-refractivity contribution in [1.82, 2.24) is 0 Å². The molecule has 6 heteroatoms. The van der Waals surface area contributed by atoms with E-state index < -0.39 is 5.09 Å². The van der Waals surface area contributed by atoms with Gasteiger partial charge in [0.25, 0.3) is 5.09 Å². The Kier molecular flexibility index (Phi) is 10.7. The van der Waals surface area contributed by atoms with Gasteiger partial charge in [-0.2, -0.15) is 0 Å². The Morgan fingerprint density at radius 3 is 2.56 bits per heavy atom. The van der Waals surface area contributed by atoms with Gasteiger partial charge in [-0.25, -0.2) is 0 Å². The molecular weight excluding hydrogens is 238 g/mol. The molecule has 0 amide bonds. The lowest BCUT2D eigenvalue weighted by Crippen LogP contribution is -2.02. The molecule has 1 aliphatic heterocycles. The molecule has 0 aromatic carbocycles. The smallest absolute Gasteiger partial charge is 0.294 e. The van der Waals surface area contributed by atoms with Crippen LogP contribution in [0.4, 0.5) is 0 Å². The first-order chi connectivity index (χ1) is 8.52. The van der Waals surface area contributed by atoms with Gasteiger partial charge in [-0.3, -0.25) is 0 Å². The summed E-state index contributed by atoms with van der Waals surface area (Å²) in [4.78, 5) is 13.9. The highest BCUT2D eigenvalue weighted by Gasteiger charge is 2.09. The monoisotopic (exact) mass is 263 g/mol. The van der Waals surface area contributed by atoms with Gasteiger partial charge >= 0.3 is 0 Å². The van der Waals surface area contributed by atoms with Gasteiger partial charge < -0.3 is 14.7 Å². The number of aliphatic hydroxyl groups excluding tert-OH is 1. The molecule has 0 spiro atoms. The lowest BCUT2D eigenvalue weighted by molar-refractivity contribution is -0.757. The third-order valence-electron chi connectivity index (χ3n) is 2.53. The largest absolute Gasteiger partial charge is 0.391 e. The van der Waals surface area contributed by atoms with Crippen molar-refractivity contribution < 1.29 is 19.8 Å². The van der Waals surface area contributed by atoms with Gasteiger partial charge in [0, 0.05) is 6.61 Å². The minimum absolute atomic E-state index is 0.176. The average Bonchev–Trinajstić information content (AvgIpc) is 2.74. The van der Waals surface area contributed by atoms with Crippen LogP contribution in [0.1, 0.15) is 46.0 Å². The molecule has 0 aromatic heterocycles. The molecule has 6 nitrogen and oxygen atoms in total. The zero-order valence-electron chi connectivity index (χ0n) is 11.3. The molecule has 1 aliphatic rings. The summed E-state index contributed by atoms with van der Waals surface area (Å²) in [7, 11) is 0. The molecule has 1 fully saturated rings. The van der Waals surface area contributed by atoms with Crippen molar-refractivity contribution in [3.63, 3.8) is 0 Å². The van der Waals surface area contributed by atoms with E-state index in [1.54, 1.807) is 0 Å². The van der Waals surface area contributed by atoms with E-state index in [1.807, 2.05) is 0 Å². The van der Waals surface area contributed by atoms with Crippen LogP contribution < -0.4 is 0 Å². The Morgan fingerprint density at radius 1 is 1.44 bits per heavy atom. The summed E-state index contributed by atoms with van der Waals surface area (Å²) < 4.78 is 4.81. The fourth-order valence-electron chi connectivity index (χ4n) is 1.49. The normalized spacial score (nSPS) is 18.3. The highest BCUT2D eigenvalue weighted by Crippen LogP contribution is 2.07. The summed E-state index contributed by atoms with van der Waals surface area (Å²) in [5, 5.41) is 17.6. The van der Waals surface area contributed by atoms with E-state index >= 15 is 0 Å². The number of hydrogen-bond acceptors (Lipinski definition) is 5. The Labute approximate surface area is 108 Å². The van der Waals surface area contributed by atoms with Gasteiger partial charge in [-0.05, 0) is 18.8 Å². The number of nitrogens with zero attached hydrogens (tertiary/aromatic N) is 1. The molecule has 1 saturated heterocycles. The third-order valence-corrected chi connectivity index (χ3v) is 2.53. The number of aliphatic hydroxyl groups is 1. The minimum Gasteiger partial charge on any atom is -0.391 e. The second-order valence-electron chi connectivity index (χ2n) is 4.82. The average molecular weight is 263 g/mol. The summed E-state index contributed by atoms with van der Waals surface area (Å²) in [5.74, 6) is 0.724. The van der Waals surface area contributed by atoms with Crippen molar-refractivity contribution in [3.05, 3.63) is 10.1 Å². The summed E-state index contributed by atoms with van der Waals surface area (Å²) >= 11 is 0. The van der Waals surface area contributed by atoms with Crippen LogP contribution in [0, 0.1) is 16.0 Å². The van der Waals surface area contributed by atoms with Gasteiger partial charge in [0.1, 0.15) is 0 Å². The zero-order valence-corrected chi connectivity index (χ0v) is 11.3. The van der Waals surface area contributed by atoms with Crippen LogP contribution in [-0.4, -0.2) is 36.1 Å². The van der Waals surface area contributed by atoms with Crippen LogP contribution in [0.25, 0.3) is 0 Å². The van der Waals surface area contributed by atoms with Gasteiger partial charge in [0.2, 0.25) is 0 Å². The summed E-state index contributed by atoms with van der Waals surface area (Å²) in [6.07, 6.45) is 4.78. The maximum absolute atomic E-state index is 9.72. The van der Waals surface area contributed by atoms with Crippen LogP contribution in [0.5, 0.6) is 0 Å². The van der Waals surface area contributed by atoms with Crippen LogP contribution in [0.3, 0.4) is 0 Å². The van der Waals surface area contributed by atoms with E-state index in [1.165, 1.54) is 6.42 Å². The minimum atomic E-state index is -0.734. The molecule has 1 rings (SSSR count). The van der Waals surface area contributed by atoms with Crippen molar-refractivity contribution in [2.45, 2.75) is 52.1 Å². The van der Waals surface area contributed by atoms with Gasteiger partial charge in [-0.15, -0.1) is 10.1 Å². The highest BCUT2D eigenvalue weighted by molar-refractivity contribution is 4.58. The second-order valence-corrected chi connectivity index (χ2v) is 4.82. The van der Waals surface area contributed by atoms with Crippen molar-refractivity contribution in [2.75, 3.05) is 19.8 Å². The molecule has 0 radical (unpaired) electrons. The quantitative estimate of drug-likeness (QED) is 0.432. The number of rotatable bonds is 7. The Hall–Kier alpha value is -0.880. The van der Waals surface area contributed by atoms with Crippen LogP contribution in [-0.2, 0) is 9.57 Å². The lowest BCUT2D eigenvalue weighted by atomic mass is 10.1. The second kappa shape index (κ2) is 11.2. The Balaban J connectivity index is 0.000000397. The maximum atomic E-state index is 9.72. The molecule has 1 heterocycles. The molecule has 18 heavy (non-hydrogen) atoms. The van der Waals surface area contributed by atoms with Gasteiger partial charge in [0.15, 0.2) is 0 Å². The molecule has 0 aliphatic carbocycles. The van der Waals surface area contributed by atoms with Crippen molar-refractivity contribution in [3.8, 4) is 0 Å². The van der Waals surface area contributed by atoms with Crippen LogP contribution in [0.2, 0.25) is 0 Å². The van der Waals surface area contributed by atoms with Crippen molar-refractivity contribution in [2.24, 2.45) is 5.92 Å². The first kappa shape index (κ1) is 17.1. The van der Waals surface area contributed by atoms with Gasteiger partial charge in [-0.1, -0.05) is 33.1 Å². The Morgan fingerprint density at radius 2 is 2.17 bits per heavy atom. The van der Waals surface area contributed by atoms with E-state index in [9.17, 15) is 10.1 Å². The van der Waals surface area contributed by atoms with E-state index in [2.05, 4.69) is 18.7 Å². The maximum Gasteiger partial charge on any atom is 0.294 e. The summed E-state index contributed by atoms with van der Waals surface area (Å²) in [6.45, 7) is 5.87. The van der Waals surface area contributed by atoms with E-state index in [0.29, 0.717) is 6.61 Å². The first-order valence-corrected chi connectivity index (χ1v) is 6.55. The summed E-state index contributed by atoms with van der Waals surface area (Å²) in [5.41, 5.74) is 0. The van der Waals surface area contributed by atoms with E-state index in [4.69, 9.17) is 9.84 Å².